The van der Waals surface area contributed by atoms with Crippen molar-refractivity contribution in [3.63, 3.8) is 0 Å². The molecule has 4 heteroatoms. The maximum atomic E-state index is 13.5. The molecule has 3 atom stereocenters. The second-order valence-electron chi connectivity index (χ2n) is 5.94. The number of nitrogens with two attached hydrogens (primary N) is 1. The van der Waals surface area contributed by atoms with Gasteiger partial charge in [0.2, 0.25) is 0 Å². The van der Waals surface area contributed by atoms with Gasteiger partial charge < -0.3 is 5.73 Å². The average Bonchev–Trinajstić information content (AvgIpc) is 2.87. The molecule has 2 nitrogen and oxygen atoms in total. The number of aryl methyl sites for hydroxylation is 1. The Kier molecular flexibility index (Phi) is 4.49. The molecule has 0 aromatic heterocycles. The highest BCUT2D eigenvalue weighted by Crippen LogP contribution is 2.37. The van der Waals surface area contributed by atoms with Crippen molar-refractivity contribution in [1.82, 2.24) is 4.90 Å². The Hall–Kier alpha value is -0.640. The van der Waals surface area contributed by atoms with Crippen molar-refractivity contribution in [3.05, 3.63) is 35.1 Å². The van der Waals surface area contributed by atoms with Crippen molar-refractivity contribution in [2.75, 3.05) is 13.1 Å². The zero-order chi connectivity index (χ0) is 12.7. The normalized spacial score (nSPS) is 30.2. The van der Waals surface area contributed by atoms with Crippen molar-refractivity contribution in [3.8, 4) is 0 Å². The lowest BCUT2D eigenvalue weighted by Gasteiger charge is -2.18. The molecule has 0 radical (unpaired) electrons. The van der Waals surface area contributed by atoms with Crippen LogP contribution >= 0.6 is 12.4 Å². The predicted molar refractivity (Wildman–Crippen MR) is 77.9 cm³/mol. The quantitative estimate of drug-likeness (QED) is 0.905. The van der Waals surface area contributed by atoms with E-state index in [9.17, 15) is 4.39 Å². The molecule has 0 bridgehead atoms. The summed E-state index contributed by atoms with van der Waals surface area (Å²) in [5, 5.41) is 0. The molecule has 2 fully saturated rings. The van der Waals surface area contributed by atoms with Crippen molar-refractivity contribution < 1.29 is 4.39 Å². The van der Waals surface area contributed by atoms with Crippen molar-refractivity contribution in [2.45, 2.75) is 32.4 Å². The minimum absolute atomic E-state index is 0. The molecule has 1 aromatic carbocycles. The Morgan fingerprint density at radius 1 is 1.32 bits per heavy atom. The monoisotopic (exact) mass is 284 g/mol. The fraction of sp³-hybridized carbons (Fsp3) is 0.600. The molecule has 1 saturated heterocycles. The number of rotatable bonds is 2. The van der Waals surface area contributed by atoms with Gasteiger partial charge in [-0.05, 0) is 48.8 Å². The number of halogens is 2. The molecule has 3 rings (SSSR count). The van der Waals surface area contributed by atoms with E-state index in [-0.39, 0.29) is 18.2 Å². The zero-order valence-electron chi connectivity index (χ0n) is 11.3. The second kappa shape index (κ2) is 5.78. The van der Waals surface area contributed by atoms with Crippen LogP contribution in [0.4, 0.5) is 4.39 Å². The van der Waals surface area contributed by atoms with Crippen LogP contribution in [-0.4, -0.2) is 24.0 Å². The van der Waals surface area contributed by atoms with Crippen LogP contribution in [-0.2, 0) is 6.54 Å². The Bertz CT molecular complexity index is 452. The van der Waals surface area contributed by atoms with Gasteiger partial charge in [0, 0.05) is 25.7 Å². The molecule has 106 valence electrons. The van der Waals surface area contributed by atoms with Gasteiger partial charge in [0.25, 0.3) is 0 Å². The van der Waals surface area contributed by atoms with Gasteiger partial charge in [0.1, 0.15) is 5.82 Å². The molecular formula is C15H22ClFN2. The van der Waals surface area contributed by atoms with E-state index in [1.807, 2.05) is 12.1 Å². The maximum Gasteiger partial charge on any atom is 0.126 e. The summed E-state index contributed by atoms with van der Waals surface area (Å²) in [5.41, 5.74) is 7.93. The third kappa shape index (κ3) is 2.93. The first kappa shape index (κ1) is 14.8. The molecule has 19 heavy (non-hydrogen) atoms. The van der Waals surface area contributed by atoms with E-state index in [0.29, 0.717) is 12.0 Å². The topological polar surface area (TPSA) is 29.3 Å². The van der Waals surface area contributed by atoms with Gasteiger partial charge in [0.15, 0.2) is 0 Å². The summed E-state index contributed by atoms with van der Waals surface area (Å²) in [4.78, 5) is 2.43. The summed E-state index contributed by atoms with van der Waals surface area (Å²) in [7, 11) is 0. The number of likely N-dealkylation sites (tertiary alicyclic amines) is 1. The molecule has 1 heterocycles. The SMILES string of the molecule is Cc1ccc(CN2CC3CCC(N)C3C2)cc1F.Cl. The van der Waals surface area contributed by atoms with Gasteiger partial charge in [-0.1, -0.05) is 12.1 Å². The largest absolute Gasteiger partial charge is 0.327 e. The average molecular weight is 285 g/mol. The number of hydrogen-bond donors (Lipinski definition) is 1. The highest BCUT2D eigenvalue weighted by molar-refractivity contribution is 5.85. The standard InChI is InChI=1S/C15H21FN2.ClH/c1-10-2-3-11(6-14(10)16)7-18-8-12-4-5-15(17)13(12)9-18;/h2-3,6,12-13,15H,4-5,7-9,17H2,1H3;1H. The molecule has 0 amide bonds. The first-order valence-corrected chi connectivity index (χ1v) is 6.86. The van der Waals surface area contributed by atoms with E-state index in [1.54, 1.807) is 13.0 Å². The predicted octanol–water partition coefficient (Wildman–Crippen LogP) is 2.73. The summed E-state index contributed by atoms with van der Waals surface area (Å²) in [5.74, 6) is 1.35. The molecule has 1 aliphatic carbocycles. The van der Waals surface area contributed by atoms with E-state index in [1.165, 1.54) is 12.8 Å². The summed E-state index contributed by atoms with van der Waals surface area (Å²) < 4.78 is 13.5. The summed E-state index contributed by atoms with van der Waals surface area (Å²) in [6.07, 6.45) is 2.45. The van der Waals surface area contributed by atoms with Crippen LogP contribution in [0.5, 0.6) is 0 Å². The van der Waals surface area contributed by atoms with Crippen LogP contribution in [0, 0.1) is 24.6 Å². The smallest absolute Gasteiger partial charge is 0.126 e. The van der Waals surface area contributed by atoms with Crippen LogP contribution in [0.25, 0.3) is 0 Å². The van der Waals surface area contributed by atoms with Crippen LogP contribution in [0.2, 0.25) is 0 Å². The lowest BCUT2D eigenvalue weighted by atomic mass is 9.98. The van der Waals surface area contributed by atoms with Gasteiger partial charge >= 0.3 is 0 Å². The second-order valence-corrected chi connectivity index (χ2v) is 5.94. The van der Waals surface area contributed by atoms with Gasteiger partial charge in [-0.3, -0.25) is 4.90 Å². The summed E-state index contributed by atoms with van der Waals surface area (Å²) in [6.45, 7) is 4.88. The highest BCUT2D eigenvalue weighted by Gasteiger charge is 2.40. The fourth-order valence-corrected chi connectivity index (χ4v) is 3.52. The Morgan fingerprint density at radius 2 is 2.11 bits per heavy atom. The van der Waals surface area contributed by atoms with E-state index in [0.717, 1.165) is 36.7 Å². The number of fused-ring (bicyclic) bond motifs is 1. The number of nitrogens with zero attached hydrogens (tertiary/aromatic N) is 1. The van der Waals surface area contributed by atoms with Gasteiger partial charge in [-0.25, -0.2) is 4.39 Å². The molecule has 0 spiro atoms. The van der Waals surface area contributed by atoms with E-state index < -0.39 is 0 Å². The maximum absolute atomic E-state index is 13.5. The van der Waals surface area contributed by atoms with Crippen molar-refractivity contribution in [1.29, 1.82) is 0 Å². The first-order valence-electron chi connectivity index (χ1n) is 6.86. The highest BCUT2D eigenvalue weighted by atomic mass is 35.5. The summed E-state index contributed by atoms with van der Waals surface area (Å²) in [6, 6.07) is 5.96. The Morgan fingerprint density at radius 3 is 2.79 bits per heavy atom. The molecule has 1 aliphatic heterocycles. The number of benzene rings is 1. The zero-order valence-corrected chi connectivity index (χ0v) is 12.1. The van der Waals surface area contributed by atoms with E-state index in [2.05, 4.69) is 4.90 Å². The lowest BCUT2D eigenvalue weighted by molar-refractivity contribution is 0.298. The van der Waals surface area contributed by atoms with Crippen LogP contribution < -0.4 is 5.73 Å². The molecule has 1 aromatic rings. The Balaban J connectivity index is 0.00000133. The van der Waals surface area contributed by atoms with Crippen molar-refractivity contribution >= 4 is 12.4 Å². The van der Waals surface area contributed by atoms with Gasteiger partial charge in [0.05, 0.1) is 0 Å². The third-order valence-electron chi connectivity index (χ3n) is 4.63. The third-order valence-corrected chi connectivity index (χ3v) is 4.63. The van der Waals surface area contributed by atoms with Gasteiger partial charge in [-0.2, -0.15) is 0 Å². The van der Waals surface area contributed by atoms with Gasteiger partial charge in [-0.15, -0.1) is 12.4 Å². The van der Waals surface area contributed by atoms with E-state index >= 15 is 0 Å². The first-order chi connectivity index (χ1) is 8.63. The molecule has 3 unspecified atom stereocenters. The molecule has 2 N–H and O–H groups in total. The molecule has 2 aliphatic rings. The molecule has 1 saturated carbocycles. The van der Waals surface area contributed by atoms with Crippen LogP contribution in [0.3, 0.4) is 0 Å². The van der Waals surface area contributed by atoms with E-state index in [4.69, 9.17) is 5.73 Å². The minimum Gasteiger partial charge on any atom is -0.327 e. The van der Waals surface area contributed by atoms with Crippen LogP contribution in [0.1, 0.15) is 24.0 Å². The molecular weight excluding hydrogens is 263 g/mol. The number of hydrogen-bond acceptors (Lipinski definition) is 2. The van der Waals surface area contributed by atoms with Crippen LogP contribution in [0.15, 0.2) is 18.2 Å². The lowest BCUT2D eigenvalue weighted by Crippen LogP contribution is -2.30. The minimum atomic E-state index is -0.0939. The Labute approximate surface area is 120 Å². The van der Waals surface area contributed by atoms with Crippen molar-refractivity contribution in [2.24, 2.45) is 17.6 Å². The fourth-order valence-electron chi connectivity index (χ4n) is 3.52. The summed E-state index contributed by atoms with van der Waals surface area (Å²) >= 11 is 0.